The number of rotatable bonds is 11. The Morgan fingerprint density at radius 3 is 2.40 bits per heavy atom. The second-order valence-corrected chi connectivity index (χ2v) is 8.83. The minimum Gasteiger partial charge on any atom is -0.505 e. The van der Waals surface area contributed by atoms with Gasteiger partial charge in [-0.3, -0.25) is 24.5 Å². The van der Waals surface area contributed by atoms with Gasteiger partial charge in [-0.15, -0.1) is 0 Å². The Balaban J connectivity index is 1.58. The molecule has 1 atom stereocenters. The van der Waals surface area contributed by atoms with Gasteiger partial charge >= 0.3 is 5.97 Å². The second-order valence-electron chi connectivity index (χ2n) is 8.83. The first-order valence-corrected chi connectivity index (χ1v) is 10.9. The van der Waals surface area contributed by atoms with Gasteiger partial charge in [-0.25, -0.2) is 0 Å². The molecule has 2 heterocycles. The predicted octanol–water partition coefficient (Wildman–Crippen LogP) is 1.68. The van der Waals surface area contributed by atoms with E-state index in [-0.39, 0.29) is 34.6 Å². The van der Waals surface area contributed by atoms with Crippen LogP contribution in [-0.2, 0) is 9.53 Å². The highest BCUT2D eigenvalue weighted by Crippen LogP contribution is 2.43. The molecule has 1 aliphatic heterocycles. The zero-order valence-corrected chi connectivity index (χ0v) is 19.1. The fourth-order valence-electron chi connectivity index (χ4n) is 3.96. The van der Waals surface area contributed by atoms with Gasteiger partial charge in [0.05, 0.1) is 43.6 Å². The lowest BCUT2D eigenvalue weighted by Gasteiger charge is -2.44. The van der Waals surface area contributed by atoms with E-state index >= 15 is 0 Å². The van der Waals surface area contributed by atoms with E-state index in [0.717, 1.165) is 0 Å². The van der Waals surface area contributed by atoms with Crippen molar-refractivity contribution in [2.75, 3.05) is 36.9 Å². The molecule has 35 heavy (non-hydrogen) atoms. The van der Waals surface area contributed by atoms with Crippen LogP contribution < -0.4 is 26.8 Å². The maximum Gasteiger partial charge on any atom is 0.317 e. The maximum absolute atomic E-state index is 12.5. The number of phenolic OH excluding ortho intramolecular Hbond substituents is 1. The largest absolute Gasteiger partial charge is 0.505 e. The summed E-state index contributed by atoms with van der Waals surface area (Å²) < 4.78 is 11.2. The van der Waals surface area contributed by atoms with E-state index in [2.05, 4.69) is 16.0 Å². The van der Waals surface area contributed by atoms with Gasteiger partial charge in [-0.2, -0.15) is 0 Å². The van der Waals surface area contributed by atoms with Crippen LogP contribution in [0.2, 0.25) is 0 Å². The second kappa shape index (κ2) is 9.35. The molecule has 0 bridgehead atoms. The SMILES string of the molecule is Cc1ccc(C(Nc2c(Nc3cccc(C(=O)CNCC(=O)O)c3O)c(=O)c2=O)C2(C)COC2)o1. The number of aliphatic carboxylic acids is 1. The Bertz CT molecular complexity index is 1350. The van der Waals surface area contributed by atoms with Crippen LogP contribution >= 0.6 is 0 Å². The van der Waals surface area contributed by atoms with Gasteiger partial charge in [-0.1, -0.05) is 13.0 Å². The lowest BCUT2D eigenvalue weighted by molar-refractivity contribution is -0.135. The molecule has 1 saturated heterocycles. The summed E-state index contributed by atoms with van der Waals surface area (Å²) in [5.74, 6) is -0.796. The quantitative estimate of drug-likeness (QED) is 0.153. The molecule has 3 aromatic rings. The molecule has 0 aliphatic carbocycles. The minimum absolute atomic E-state index is 0.0430. The molecule has 184 valence electrons. The number of ether oxygens (including phenoxy) is 1. The number of aryl methyl sites for hydroxylation is 1. The standard InChI is InChI=1S/C24H25N3O8/c1-12-6-7-16(35-12)23(24(2)10-34-11-24)27-19-18(21(32)22(19)33)26-14-5-3-4-13(20(14)31)15(28)8-25-9-17(29)30/h3-7,23,25-27,31H,8-11H2,1-2H3,(H,29,30). The number of hydrogen-bond donors (Lipinski definition) is 5. The van der Waals surface area contributed by atoms with E-state index in [1.807, 2.05) is 6.92 Å². The summed E-state index contributed by atoms with van der Waals surface area (Å²) in [5, 5.41) is 27.7. The lowest BCUT2D eigenvalue weighted by atomic mass is 9.79. The van der Waals surface area contributed by atoms with Crippen LogP contribution in [0.5, 0.6) is 5.75 Å². The first kappa shape index (κ1) is 24.2. The van der Waals surface area contributed by atoms with Gasteiger partial charge in [0, 0.05) is 5.41 Å². The van der Waals surface area contributed by atoms with Gasteiger partial charge in [0.15, 0.2) is 5.78 Å². The summed E-state index contributed by atoms with van der Waals surface area (Å²) in [6, 6.07) is 7.47. The van der Waals surface area contributed by atoms with Crippen LogP contribution in [0.15, 0.2) is 44.3 Å². The van der Waals surface area contributed by atoms with Crippen molar-refractivity contribution in [3.63, 3.8) is 0 Å². The third kappa shape index (κ3) is 4.68. The van der Waals surface area contributed by atoms with Crippen molar-refractivity contribution in [1.29, 1.82) is 0 Å². The molecule has 0 spiro atoms. The number of anilines is 3. The molecule has 1 fully saturated rings. The highest BCUT2D eigenvalue weighted by atomic mass is 16.5. The first-order chi connectivity index (χ1) is 16.6. The van der Waals surface area contributed by atoms with E-state index in [1.165, 1.54) is 18.2 Å². The molecule has 1 aliphatic rings. The minimum atomic E-state index is -1.12. The third-order valence-corrected chi connectivity index (χ3v) is 5.96. The fraction of sp³-hybridized carbons (Fsp3) is 0.333. The monoisotopic (exact) mass is 483 g/mol. The average molecular weight is 483 g/mol. The molecule has 0 saturated carbocycles. The van der Waals surface area contributed by atoms with Crippen LogP contribution in [-0.4, -0.2) is 48.3 Å². The van der Waals surface area contributed by atoms with Crippen molar-refractivity contribution in [2.24, 2.45) is 5.41 Å². The Labute approximate surface area is 199 Å². The fourth-order valence-corrected chi connectivity index (χ4v) is 3.96. The number of carbonyl (C=O) groups excluding carboxylic acids is 1. The van der Waals surface area contributed by atoms with E-state index in [0.29, 0.717) is 24.7 Å². The Hall–Kier alpha value is -3.96. The molecule has 11 heteroatoms. The van der Waals surface area contributed by atoms with Crippen molar-refractivity contribution in [3.8, 4) is 5.75 Å². The number of furan rings is 1. The smallest absolute Gasteiger partial charge is 0.317 e. The van der Waals surface area contributed by atoms with Crippen molar-refractivity contribution in [2.45, 2.75) is 19.9 Å². The number of benzene rings is 1. The van der Waals surface area contributed by atoms with E-state index in [4.69, 9.17) is 14.3 Å². The molecule has 4 rings (SSSR count). The lowest BCUT2D eigenvalue weighted by Crippen LogP contribution is -2.49. The third-order valence-electron chi connectivity index (χ3n) is 5.96. The van der Waals surface area contributed by atoms with Crippen molar-refractivity contribution in [1.82, 2.24) is 5.32 Å². The zero-order valence-electron chi connectivity index (χ0n) is 19.1. The summed E-state index contributed by atoms with van der Waals surface area (Å²) in [4.78, 5) is 47.9. The Kier molecular flexibility index (Phi) is 6.46. The van der Waals surface area contributed by atoms with Gasteiger partial charge in [-0.05, 0) is 31.2 Å². The van der Waals surface area contributed by atoms with Gasteiger partial charge in [0.2, 0.25) is 0 Å². The molecule has 1 unspecified atom stereocenters. The highest BCUT2D eigenvalue weighted by molar-refractivity contribution is 6.02. The first-order valence-electron chi connectivity index (χ1n) is 10.9. The average Bonchev–Trinajstić information content (AvgIpc) is 3.23. The van der Waals surface area contributed by atoms with Crippen LogP contribution in [0, 0.1) is 12.3 Å². The summed E-state index contributed by atoms with van der Waals surface area (Å²) in [6.07, 6.45) is 0. The van der Waals surface area contributed by atoms with Crippen LogP contribution in [0.4, 0.5) is 17.1 Å². The molecule has 2 aromatic carbocycles. The van der Waals surface area contributed by atoms with Crippen LogP contribution in [0.3, 0.4) is 0 Å². The van der Waals surface area contributed by atoms with Crippen molar-refractivity contribution < 1.29 is 29.0 Å². The predicted molar refractivity (Wildman–Crippen MR) is 126 cm³/mol. The van der Waals surface area contributed by atoms with Crippen LogP contribution in [0.25, 0.3) is 0 Å². The summed E-state index contributed by atoms with van der Waals surface area (Å²) in [5.41, 5.74) is -1.88. The number of carbonyl (C=O) groups is 2. The highest BCUT2D eigenvalue weighted by Gasteiger charge is 2.45. The number of carboxylic acids is 1. The topological polar surface area (TPSA) is 167 Å². The molecule has 1 aromatic heterocycles. The van der Waals surface area contributed by atoms with E-state index in [1.54, 1.807) is 19.1 Å². The zero-order chi connectivity index (χ0) is 25.3. The van der Waals surface area contributed by atoms with Crippen molar-refractivity contribution in [3.05, 3.63) is 67.9 Å². The number of hydrogen-bond acceptors (Lipinski definition) is 10. The number of nitrogens with one attached hydrogen (secondary N) is 3. The molecular weight excluding hydrogens is 458 g/mol. The van der Waals surface area contributed by atoms with Crippen LogP contribution in [0.1, 0.15) is 34.8 Å². The Morgan fingerprint density at radius 1 is 1.09 bits per heavy atom. The van der Waals surface area contributed by atoms with Gasteiger partial charge < -0.3 is 30.0 Å². The summed E-state index contributed by atoms with van der Waals surface area (Å²) in [6.45, 7) is 3.93. The van der Waals surface area contributed by atoms with Gasteiger partial charge in [0.25, 0.3) is 10.9 Å². The molecule has 0 amide bonds. The maximum atomic E-state index is 12.5. The number of ketones is 1. The summed E-state index contributed by atoms with van der Waals surface area (Å²) in [7, 11) is 0. The number of carboxylic acid groups (broad SMARTS) is 1. The number of para-hydroxylation sites is 1. The van der Waals surface area contributed by atoms with Gasteiger partial charge in [0.1, 0.15) is 28.6 Å². The normalized spacial score (nSPS) is 15.4. The molecule has 11 nitrogen and oxygen atoms in total. The molecule has 5 N–H and O–H groups in total. The number of Topliss-reactive ketones (excluding diaryl/α,β-unsaturated/α-hetero) is 1. The molecular formula is C24H25N3O8. The van der Waals surface area contributed by atoms with E-state index < -0.39 is 40.9 Å². The number of phenols is 1. The summed E-state index contributed by atoms with van der Waals surface area (Å²) >= 11 is 0. The van der Waals surface area contributed by atoms with Crippen molar-refractivity contribution >= 4 is 28.8 Å². The van der Waals surface area contributed by atoms with E-state index in [9.17, 15) is 24.3 Å². The number of aromatic hydroxyl groups is 1. The Morgan fingerprint density at radius 2 is 1.80 bits per heavy atom. The molecule has 0 radical (unpaired) electrons.